The van der Waals surface area contributed by atoms with Crippen LogP contribution in [0.1, 0.15) is 72.1 Å². The van der Waals surface area contributed by atoms with Crippen LogP contribution in [0.25, 0.3) is 0 Å². The molecule has 3 nitrogen and oxygen atoms in total. The molecule has 3 atom stereocenters. The molecule has 0 radical (unpaired) electrons. The summed E-state index contributed by atoms with van der Waals surface area (Å²) in [6.07, 6.45) is 8.83. The van der Waals surface area contributed by atoms with E-state index in [1.165, 1.54) is 12.8 Å². The maximum absolute atomic E-state index is 12.8. The average molecular weight is 268 g/mol. The summed E-state index contributed by atoms with van der Waals surface area (Å²) >= 11 is 0. The third kappa shape index (κ3) is 4.79. The number of nitrogens with zero attached hydrogens (tertiary/aromatic N) is 1. The van der Waals surface area contributed by atoms with Crippen LogP contribution in [0.15, 0.2) is 0 Å². The van der Waals surface area contributed by atoms with Crippen molar-refractivity contribution >= 4 is 5.91 Å². The monoisotopic (exact) mass is 268 g/mol. The molecule has 0 aromatic carbocycles. The fourth-order valence-electron chi connectivity index (χ4n) is 2.95. The lowest BCUT2D eigenvalue weighted by atomic mass is 9.93. The molecular weight excluding hydrogens is 236 g/mol. The summed E-state index contributed by atoms with van der Waals surface area (Å²) < 4.78 is 0. The van der Waals surface area contributed by atoms with Gasteiger partial charge in [0.1, 0.15) is 0 Å². The van der Waals surface area contributed by atoms with Crippen molar-refractivity contribution in [2.75, 3.05) is 6.54 Å². The van der Waals surface area contributed by atoms with Crippen LogP contribution >= 0.6 is 0 Å². The number of nitrogens with two attached hydrogens (primary N) is 1. The van der Waals surface area contributed by atoms with Gasteiger partial charge in [-0.05, 0) is 32.6 Å². The van der Waals surface area contributed by atoms with Crippen molar-refractivity contribution < 1.29 is 4.79 Å². The number of amides is 1. The highest BCUT2D eigenvalue weighted by Gasteiger charge is 2.31. The molecule has 0 spiro atoms. The Bertz CT molecular complexity index is 267. The van der Waals surface area contributed by atoms with E-state index in [0.717, 1.165) is 45.1 Å². The highest BCUT2D eigenvalue weighted by Crippen LogP contribution is 2.25. The second-order valence-electron chi connectivity index (χ2n) is 6.05. The predicted molar refractivity (Wildman–Crippen MR) is 80.9 cm³/mol. The molecule has 0 aromatic rings. The molecule has 1 amide bonds. The molecule has 3 unspecified atom stereocenters. The van der Waals surface area contributed by atoms with Gasteiger partial charge in [-0.3, -0.25) is 4.79 Å². The number of unbranched alkanes of at least 4 members (excludes halogenated alkanes) is 1. The van der Waals surface area contributed by atoms with Crippen LogP contribution in [0.4, 0.5) is 0 Å². The summed E-state index contributed by atoms with van der Waals surface area (Å²) in [4.78, 5) is 14.9. The van der Waals surface area contributed by atoms with Crippen molar-refractivity contribution in [3.63, 3.8) is 0 Å². The molecule has 0 aliphatic heterocycles. The summed E-state index contributed by atoms with van der Waals surface area (Å²) in [5.74, 6) is 0.380. The Balaban J connectivity index is 2.72. The van der Waals surface area contributed by atoms with Gasteiger partial charge in [0.15, 0.2) is 0 Å². The molecule has 0 aromatic heterocycles. The molecule has 19 heavy (non-hydrogen) atoms. The van der Waals surface area contributed by atoms with Gasteiger partial charge in [-0.15, -0.1) is 0 Å². The summed E-state index contributed by atoms with van der Waals surface area (Å²) in [6.45, 7) is 7.39. The van der Waals surface area contributed by atoms with Crippen molar-refractivity contribution in [3.8, 4) is 0 Å². The van der Waals surface area contributed by atoms with Crippen LogP contribution in [-0.4, -0.2) is 29.4 Å². The van der Waals surface area contributed by atoms with E-state index >= 15 is 0 Å². The zero-order valence-corrected chi connectivity index (χ0v) is 13.0. The third-order valence-electron chi connectivity index (χ3n) is 4.55. The first-order chi connectivity index (χ1) is 9.11. The second-order valence-corrected chi connectivity index (χ2v) is 6.05. The van der Waals surface area contributed by atoms with Crippen LogP contribution in [0.2, 0.25) is 0 Å². The summed E-state index contributed by atoms with van der Waals surface area (Å²) in [6, 6.07) is 0.415. The van der Waals surface area contributed by atoms with Crippen LogP contribution in [-0.2, 0) is 4.79 Å². The second kappa shape index (κ2) is 8.57. The number of carbonyl (C=O) groups excluding carboxylic acids is 1. The van der Waals surface area contributed by atoms with Crippen LogP contribution in [0, 0.1) is 5.92 Å². The third-order valence-corrected chi connectivity index (χ3v) is 4.55. The van der Waals surface area contributed by atoms with E-state index in [4.69, 9.17) is 5.73 Å². The number of rotatable bonds is 6. The number of hydrogen-bond acceptors (Lipinski definition) is 2. The van der Waals surface area contributed by atoms with E-state index in [-0.39, 0.29) is 12.0 Å². The first-order valence-electron chi connectivity index (χ1n) is 8.17. The van der Waals surface area contributed by atoms with E-state index in [1.54, 1.807) is 0 Å². The molecule has 1 aliphatic carbocycles. The van der Waals surface area contributed by atoms with E-state index in [2.05, 4.69) is 25.7 Å². The van der Waals surface area contributed by atoms with Crippen molar-refractivity contribution in [3.05, 3.63) is 0 Å². The largest absolute Gasteiger partial charge is 0.340 e. The van der Waals surface area contributed by atoms with Gasteiger partial charge in [-0.25, -0.2) is 0 Å². The van der Waals surface area contributed by atoms with Crippen molar-refractivity contribution in [2.45, 2.75) is 84.2 Å². The fraction of sp³-hybridized carbons (Fsp3) is 0.938. The minimum Gasteiger partial charge on any atom is -0.340 e. The van der Waals surface area contributed by atoms with E-state index < -0.39 is 0 Å². The Morgan fingerprint density at radius 3 is 2.58 bits per heavy atom. The SMILES string of the molecule is CCCCN(C(=O)C1CCCCCC1N)C(C)CC. The summed E-state index contributed by atoms with van der Waals surface area (Å²) in [5, 5.41) is 0. The lowest BCUT2D eigenvalue weighted by molar-refractivity contribution is -0.138. The zero-order valence-electron chi connectivity index (χ0n) is 13.0. The Labute approximate surface area is 118 Å². The predicted octanol–water partition coefficient (Wildman–Crippen LogP) is 3.32. The Morgan fingerprint density at radius 1 is 1.26 bits per heavy atom. The van der Waals surface area contributed by atoms with Crippen molar-refractivity contribution in [2.24, 2.45) is 11.7 Å². The topological polar surface area (TPSA) is 46.3 Å². The van der Waals surface area contributed by atoms with Gasteiger partial charge in [-0.1, -0.05) is 39.5 Å². The molecule has 1 fully saturated rings. The van der Waals surface area contributed by atoms with E-state index in [9.17, 15) is 4.79 Å². The molecule has 1 saturated carbocycles. The molecule has 0 bridgehead atoms. The minimum atomic E-state index is 0.0633. The highest BCUT2D eigenvalue weighted by molar-refractivity contribution is 5.80. The van der Waals surface area contributed by atoms with Gasteiger partial charge in [0.05, 0.1) is 5.92 Å². The maximum Gasteiger partial charge on any atom is 0.227 e. The Morgan fingerprint density at radius 2 is 1.95 bits per heavy atom. The van der Waals surface area contributed by atoms with Crippen LogP contribution < -0.4 is 5.73 Å². The van der Waals surface area contributed by atoms with Gasteiger partial charge >= 0.3 is 0 Å². The van der Waals surface area contributed by atoms with Crippen LogP contribution in [0.5, 0.6) is 0 Å². The molecule has 1 rings (SSSR count). The molecular formula is C16H32N2O. The van der Waals surface area contributed by atoms with Gasteiger partial charge in [0.2, 0.25) is 5.91 Å². The quantitative estimate of drug-likeness (QED) is 0.751. The smallest absolute Gasteiger partial charge is 0.227 e. The lowest BCUT2D eigenvalue weighted by Crippen LogP contribution is -2.47. The summed E-state index contributed by atoms with van der Waals surface area (Å²) in [7, 11) is 0. The van der Waals surface area contributed by atoms with Gasteiger partial charge < -0.3 is 10.6 Å². The normalized spacial score (nSPS) is 25.7. The highest BCUT2D eigenvalue weighted by atomic mass is 16.2. The standard InChI is InChI=1S/C16H32N2O/c1-4-6-12-18(13(3)5-2)16(19)14-10-8-7-9-11-15(14)17/h13-15H,4-12,17H2,1-3H3. The first kappa shape index (κ1) is 16.5. The van der Waals surface area contributed by atoms with E-state index in [0.29, 0.717) is 11.9 Å². The van der Waals surface area contributed by atoms with Crippen molar-refractivity contribution in [1.29, 1.82) is 0 Å². The van der Waals surface area contributed by atoms with Gasteiger partial charge in [0.25, 0.3) is 0 Å². The van der Waals surface area contributed by atoms with Gasteiger partial charge in [-0.2, -0.15) is 0 Å². The molecule has 0 heterocycles. The summed E-state index contributed by atoms with van der Waals surface area (Å²) in [5.41, 5.74) is 6.24. The Hall–Kier alpha value is -0.570. The first-order valence-corrected chi connectivity index (χ1v) is 8.17. The number of carbonyl (C=O) groups is 1. The molecule has 3 heteroatoms. The fourth-order valence-corrected chi connectivity index (χ4v) is 2.95. The molecule has 0 saturated heterocycles. The van der Waals surface area contributed by atoms with Crippen LogP contribution in [0.3, 0.4) is 0 Å². The average Bonchev–Trinajstić information content (AvgIpc) is 2.63. The molecule has 1 aliphatic rings. The zero-order chi connectivity index (χ0) is 14.3. The Kier molecular flexibility index (Phi) is 7.44. The van der Waals surface area contributed by atoms with Gasteiger partial charge in [0, 0.05) is 18.6 Å². The molecule has 112 valence electrons. The molecule has 2 N–H and O–H groups in total. The lowest BCUT2D eigenvalue weighted by Gasteiger charge is -2.33. The van der Waals surface area contributed by atoms with E-state index in [1.807, 2.05) is 0 Å². The minimum absolute atomic E-state index is 0.0633. The maximum atomic E-state index is 12.8. The van der Waals surface area contributed by atoms with Crippen molar-refractivity contribution in [1.82, 2.24) is 4.90 Å². The number of hydrogen-bond donors (Lipinski definition) is 1.